The summed E-state index contributed by atoms with van der Waals surface area (Å²) in [6, 6.07) is 17.0. The Bertz CT molecular complexity index is 1050. The number of nitrogens with one attached hydrogen (secondary N) is 1. The minimum Gasteiger partial charge on any atom is -0.489 e. The summed E-state index contributed by atoms with van der Waals surface area (Å²) in [6.07, 6.45) is 7.44. The number of hydrogen-bond donors (Lipinski definition) is 1. The van der Waals surface area contributed by atoms with Gasteiger partial charge in [0.05, 0.1) is 0 Å². The lowest BCUT2D eigenvalue weighted by atomic mass is 9.54. The predicted molar refractivity (Wildman–Crippen MR) is 134 cm³/mol. The monoisotopic (exact) mass is 459 g/mol. The average molecular weight is 460 g/mol. The first kappa shape index (κ1) is 23.1. The van der Waals surface area contributed by atoms with Crippen LogP contribution < -0.4 is 10.1 Å². The molecule has 0 bridgehead atoms. The van der Waals surface area contributed by atoms with Gasteiger partial charge in [0.2, 0.25) is 5.91 Å². The van der Waals surface area contributed by atoms with Crippen molar-refractivity contribution in [1.29, 1.82) is 0 Å². The first-order valence-electron chi connectivity index (χ1n) is 13.0. The van der Waals surface area contributed by atoms with Crippen molar-refractivity contribution in [3.8, 4) is 5.75 Å². The maximum Gasteiger partial charge on any atom is 0.219 e. The van der Waals surface area contributed by atoms with Crippen molar-refractivity contribution >= 4 is 11.7 Å². The molecular weight excluding hydrogens is 422 g/mol. The van der Waals surface area contributed by atoms with E-state index in [0.717, 1.165) is 44.3 Å². The summed E-state index contributed by atoms with van der Waals surface area (Å²) >= 11 is 0. The van der Waals surface area contributed by atoms with Gasteiger partial charge in [0.25, 0.3) is 0 Å². The predicted octanol–water partition coefficient (Wildman–Crippen LogP) is 5.83. The third kappa shape index (κ3) is 4.28. The lowest BCUT2D eigenvalue weighted by Gasteiger charge is -2.50. The smallest absolute Gasteiger partial charge is 0.219 e. The van der Waals surface area contributed by atoms with Gasteiger partial charge in [-0.15, -0.1) is 0 Å². The molecule has 2 fully saturated rings. The van der Waals surface area contributed by atoms with Crippen molar-refractivity contribution < 1.29 is 14.3 Å². The van der Waals surface area contributed by atoms with Gasteiger partial charge in [0.1, 0.15) is 18.1 Å². The SMILES string of the molecule is CNC(=O)CCC[C@@H]1CC(=O)[C@@]2(C)CCC3c4ccc(OCc5ccccc5)cc4CC[C@H]3[C@H]12. The molecule has 0 radical (unpaired) electrons. The van der Waals surface area contributed by atoms with Crippen LogP contribution in [0, 0.1) is 23.2 Å². The number of Topliss-reactive ketones (excluding diaryl/α,β-unsaturated/α-hetero) is 1. The standard InChI is InChI=1S/C30H37NO3/c1-30-16-15-25-24-14-12-23(34-19-20-7-4-3-5-8-20)17-21(24)11-13-26(25)29(30)22(18-27(30)32)9-6-10-28(33)31-2/h3-5,7-8,12,14,17,22,25-26,29H,6,9-11,13,15-16,18-19H2,1-2H3,(H,31,33)/t22-,25?,26-,29+,30-/m1/s1. The number of amides is 1. The highest BCUT2D eigenvalue weighted by atomic mass is 16.5. The summed E-state index contributed by atoms with van der Waals surface area (Å²) in [6.45, 7) is 2.83. The van der Waals surface area contributed by atoms with Gasteiger partial charge in [-0.05, 0) is 91.0 Å². The van der Waals surface area contributed by atoms with Crippen molar-refractivity contribution in [2.24, 2.45) is 23.2 Å². The number of ketones is 1. The first-order chi connectivity index (χ1) is 16.5. The highest BCUT2D eigenvalue weighted by Gasteiger charge is 2.58. The fraction of sp³-hybridized carbons (Fsp3) is 0.533. The molecule has 0 heterocycles. The lowest BCUT2D eigenvalue weighted by molar-refractivity contribution is -0.129. The minimum atomic E-state index is -0.172. The second kappa shape index (κ2) is 9.56. The van der Waals surface area contributed by atoms with Crippen LogP contribution in [0.25, 0.3) is 0 Å². The molecule has 180 valence electrons. The Balaban J connectivity index is 1.31. The zero-order chi connectivity index (χ0) is 23.7. The Morgan fingerprint density at radius 2 is 1.97 bits per heavy atom. The van der Waals surface area contributed by atoms with E-state index in [1.165, 1.54) is 16.7 Å². The van der Waals surface area contributed by atoms with Crippen molar-refractivity contribution in [2.75, 3.05) is 7.05 Å². The van der Waals surface area contributed by atoms with E-state index in [-0.39, 0.29) is 11.3 Å². The van der Waals surface area contributed by atoms with Crippen LogP contribution in [0.5, 0.6) is 5.75 Å². The van der Waals surface area contributed by atoms with Gasteiger partial charge in [-0.25, -0.2) is 0 Å². The first-order valence-corrected chi connectivity index (χ1v) is 13.0. The largest absolute Gasteiger partial charge is 0.489 e. The van der Waals surface area contributed by atoms with Crippen molar-refractivity contribution in [3.63, 3.8) is 0 Å². The molecule has 0 saturated heterocycles. The van der Waals surface area contributed by atoms with E-state index in [1.807, 2.05) is 18.2 Å². The van der Waals surface area contributed by atoms with Crippen LogP contribution in [-0.2, 0) is 22.6 Å². The number of carbonyl (C=O) groups is 2. The maximum absolute atomic E-state index is 13.2. The highest BCUT2D eigenvalue weighted by Crippen LogP contribution is 2.62. The summed E-state index contributed by atoms with van der Waals surface area (Å²) in [5.74, 6) is 3.50. The summed E-state index contributed by atoms with van der Waals surface area (Å²) in [7, 11) is 1.70. The molecule has 0 aliphatic heterocycles. The van der Waals surface area contributed by atoms with E-state index in [2.05, 4.69) is 42.6 Å². The number of hydrogen-bond acceptors (Lipinski definition) is 3. The average Bonchev–Trinajstić information content (AvgIpc) is 3.12. The number of benzene rings is 2. The quantitative estimate of drug-likeness (QED) is 0.566. The molecule has 0 spiro atoms. The number of aryl methyl sites for hydroxylation is 1. The lowest BCUT2D eigenvalue weighted by Crippen LogP contribution is -2.44. The topological polar surface area (TPSA) is 55.4 Å². The summed E-state index contributed by atoms with van der Waals surface area (Å²) in [4.78, 5) is 24.9. The Morgan fingerprint density at radius 3 is 2.76 bits per heavy atom. The van der Waals surface area contributed by atoms with E-state index in [4.69, 9.17) is 4.74 Å². The van der Waals surface area contributed by atoms with E-state index in [0.29, 0.717) is 48.9 Å². The number of fused-ring (bicyclic) bond motifs is 5. The summed E-state index contributed by atoms with van der Waals surface area (Å²) in [5, 5.41) is 2.73. The number of rotatable bonds is 7. The molecule has 5 rings (SSSR count). The van der Waals surface area contributed by atoms with Gasteiger partial charge in [-0.3, -0.25) is 9.59 Å². The van der Waals surface area contributed by atoms with Crippen LogP contribution in [0.2, 0.25) is 0 Å². The molecule has 34 heavy (non-hydrogen) atoms. The van der Waals surface area contributed by atoms with E-state index in [9.17, 15) is 9.59 Å². The molecule has 3 aliphatic rings. The van der Waals surface area contributed by atoms with Crippen LogP contribution in [0.1, 0.15) is 74.5 Å². The summed E-state index contributed by atoms with van der Waals surface area (Å²) in [5.41, 5.74) is 3.92. The van der Waals surface area contributed by atoms with Gasteiger partial charge in [-0.2, -0.15) is 0 Å². The molecule has 3 aliphatic carbocycles. The van der Waals surface area contributed by atoms with Gasteiger partial charge in [-0.1, -0.05) is 43.3 Å². The number of carbonyl (C=O) groups excluding carboxylic acids is 2. The second-order valence-electron chi connectivity index (χ2n) is 10.9. The summed E-state index contributed by atoms with van der Waals surface area (Å²) < 4.78 is 6.11. The zero-order valence-corrected chi connectivity index (χ0v) is 20.5. The molecule has 2 aromatic rings. The molecule has 1 unspecified atom stereocenters. The Hall–Kier alpha value is -2.62. The van der Waals surface area contributed by atoms with Crippen LogP contribution in [-0.4, -0.2) is 18.7 Å². The van der Waals surface area contributed by atoms with E-state index >= 15 is 0 Å². The Morgan fingerprint density at radius 1 is 1.15 bits per heavy atom. The third-order valence-corrected chi connectivity index (χ3v) is 9.05. The molecule has 0 aromatic heterocycles. The van der Waals surface area contributed by atoms with Crippen molar-refractivity contribution in [2.45, 2.75) is 70.8 Å². The Labute approximate surface area is 203 Å². The minimum absolute atomic E-state index is 0.102. The molecule has 4 nitrogen and oxygen atoms in total. The molecular formula is C30H37NO3. The number of ether oxygens (including phenoxy) is 1. The Kier molecular flexibility index (Phi) is 6.50. The maximum atomic E-state index is 13.2. The van der Waals surface area contributed by atoms with E-state index in [1.54, 1.807) is 7.05 Å². The normalized spacial score (nSPS) is 29.6. The van der Waals surface area contributed by atoms with Gasteiger partial charge in [0.15, 0.2) is 0 Å². The molecule has 2 aromatic carbocycles. The van der Waals surface area contributed by atoms with Crippen molar-refractivity contribution in [1.82, 2.24) is 5.32 Å². The third-order valence-electron chi connectivity index (χ3n) is 9.05. The molecule has 4 heteroatoms. The highest BCUT2D eigenvalue weighted by molar-refractivity contribution is 5.87. The van der Waals surface area contributed by atoms with Gasteiger partial charge < -0.3 is 10.1 Å². The van der Waals surface area contributed by atoms with Gasteiger partial charge >= 0.3 is 0 Å². The second-order valence-corrected chi connectivity index (χ2v) is 10.9. The van der Waals surface area contributed by atoms with E-state index < -0.39 is 0 Å². The zero-order valence-electron chi connectivity index (χ0n) is 20.5. The molecule has 1 amide bonds. The van der Waals surface area contributed by atoms with Gasteiger partial charge in [0, 0.05) is 25.3 Å². The molecule has 2 saturated carbocycles. The van der Waals surface area contributed by atoms with Crippen LogP contribution >= 0.6 is 0 Å². The van der Waals surface area contributed by atoms with Crippen LogP contribution in [0.3, 0.4) is 0 Å². The van der Waals surface area contributed by atoms with Crippen LogP contribution in [0.4, 0.5) is 0 Å². The molecule has 5 atom stereocenters. The van der Waals surface area contributed by atoms with Crippen LogP contribution in [0.15, 0.2) is 48.5 Å². The fourth-order valence-corrected chi connectivity index (χ4v) is 7.36. The molecule has 1 N–H and O–H groups in total. The van der Waals surface area contributed by atoms with Crippen molar-refractivity contribution in [3.05, 3.63) is 65.2 Å². The fourth-order valence-electron chi connectivity index (χ4n) is 7.36.